The molecule has 1 saturated heterocycles. The van der Waals surface area contributed by atoms with Crippen molar-refractivity contribution >= 4 is 11.9 Å². The zero-order chi connectivity index (χ0) is 12.5. The Kier molecular flexibility index (Phi) is 2.88. The van der Waals surface area contributed by atoms with Crippen molar-refractivity contribution in [2.24, 2.45) is 5.92 Å². The number of imidazole rings is 1. The van der Waals surface area contributed by atoms with Crippen LogP contribution in [0.25, 0.3) is 5.65 Å². The van der Waals surface area contributed by atoms with Crippen LogP contribution in [-0.4, -0.2) is 40.7 Å². The van der Waals surface area contributed by atoms with Gasteiger partial charge in [-0.1, -0.05) is 0 Å². The number of nitrogens with zero attached hydrogens (tertiary/aromatic N) is 3. The second-order valence-electron chi connectivity index (χ2n) is 5.20. The van der Waals surface area contributed by atoms with Crippen LogP contribution < -0.4 is 0 Å². The van der Waals surface area contributed by atoms with E-state index in [-0.39, 0.29) is 0 Å². The molecular weight excluding hydrogens is 226 g/mol. The van der Waals surface area contributed by atoms with Gasteiger partial charge in [0.15, 0.2) is 0 Å². The van der Waals surface area contributed by atoms with Crippen LogP contribution in [0.3, 0.4) is 0 Å². The molecule has 3 rings (SSSR count). The highest BCUT2D eigenvalue weighted by Crippen LogP contribution is 2.19. The Hall–Kier alpha value is -1.68. The first-order valence-corrected chi connectivity index (χ1v) is 6.36. The van der Waals surface area contributed by atoms with Crippen LogP contribution in [0, 0.1) is 5.92 Å². The summed E-state index contributed by atoms with van der Waals surface area (Å²) in [4.78, 5) is 17.7. The Morgan fingerprint density at radius 3 is 3.17 bits per heavy atom. The Labute approximate surface area is 106 Å². The van der Waals surface area contributed by atoms with Gasteiger partial charge in [0.05, 0.1) is 5.69 Å². The summed E-state index contributed by atoms with van der Waals surface area (Å²) in [5.41, 5.74) is 2.67. The Morgan fingerprint density at radius 2 is 2.44 bits per heavy atom. The average Bonchev–Trinajstić information content (AvgIpc) is 2.94. The van der Waals surface area contributed by atoms with Gasteiger partial charge in [-0.2, -0.15) is 0 Å². The third-order valence-corrected chi connectivity index (χ3v) is 3.66. The first-order valence-electron chi connectivity index (χ1n) is 6.36. The number of likely N-dealkylation sites (tertiary alicyclic amines) is 1. The first-order chi connectivity index (χ1) is 8.74. The van der Waals surface area contributed by atoms with Gasteiger partial charge in [-0.25, -0.2) is 4.98 Å². The van der Waals surface area contributed by atoms with Crippen LogP contribution in [-0.2, 0) is 6.42 Å². The van der Waals surface area contributed by atoms with Gasteiger partial charge in [-0.15, -0.1) is 0 Å². The summed E-state index contributed by atoms with van der Waals surface area (Å²) in [5, 5.41) is 0. The summed E-state index contributed by atoms with van der Waals surface area (Å²) < 4.78 is 1.99. The standard InChI is InChI=1S/C14H17N3O/c1-16-4-2-11(8-16)6-13-9-17-5-3-12(10-18)7-14(17)15-13/h3,5,7,9-11H,2,4,6,8H2,1H3. The van der Waals surface area contributed by atoms with Crippen molar-refractivity contribution in [3.63, 3.8) is 0 Å². The molecule has 3 heterocycles. The van der Waals surface area contributed by atoms with E-state index in [1.165, 1.54) is 13.0 Å². The highest BCUT2D eigenvalue weighted by atomic mass is 16.1. The lowest BCUT2D eigenvalue weighted by molar-refractivity contribution is 0.112. The maximum Gasteiger partial charge on any atom is 0.150 e. The van der Waals surface area contributed by atoms with E-state index in [0.717, 1.165) is 30.6 Å². The molecule has 0 aromatic carbocycles. The van der Waals surface area contributed by atoms with Gasteiger partial charge < -0.3 is 9.30 Å². The van der Waals surface area contributed by atoms with Crippen LogP contribution in [0.2, 0.25) is 0 Å². The fourth-order valence-corrected chi connectivity index (χ4v) is 2.71. The van der Waals surface area contributed by atoms with Crippen molar-refractivity contribution in [3.05, 3.63) is 35.8 Å². The molecule has 0 radical (unpaired) electrons. The van der Waals surface area contributed by atoms with Crippen LogP contribution in [0.4, 0.5) is 0 Å². The Bertz CT molecular complexity index is 575. The summed E-state index contributed by atoms with van der Waals surface area (Å²) in [6.45, 7) is 2.35. The number of aromatic nitrogens is 2. The van der Waals surface area contributed by atoms with Crippen molar-refractivity contribution in [1.29, 1.82) is 0 Å². The zero-order valence-electron chi connectivity index (χ0n) is 10.5. The molecule has 1 aliphatic heterocycles. The van der Waals surface area contributed by atoms with E-state index in [0.29, 0.717) is 11.5 Å². The highest BCUT2D eigenvalue weighted by Gasteiger charge is 2.20. The summed E-state index contributed by atoms with van der Waals surface area (Å²) in [6.07, 6.45) is 7.12. The van der Waals surface area contributed by atoms with Gasteiger partial charge in [-0.3, -0.25) is 4.79 Å². The zero-order valence-corrected chi connectivity index (χ0v) is 10.5. The van der Waals surface area contributed by atoms with E-state index in [9.17, 15) is 4.79 Å². The molecule has 18 heavy (non-hydrogen) atoms. The van der Waals surface area contributed by atoms with Gasteiger partial charge in [-0.05, 0) is 44.5 Å². The number of carbonyl (C=O) groups is 1. The lowest BCUT2D eigenvalue weighted by atomic mass is 10.0. The maximum atomic E-state index is 10.7. The maximum absolute atomic E-state index is 10.7. The molecule has 1 unspecified atom stereocenters. The van der Waals surface area contributed by atoms with E-state index in [1.54, 1.807) is 0 Å². The molecule has 2 aromatic heterocycles. The largest absolute Gasteiger partial charge is 0.307 e. The fraction of sp³-hybridized carbons (Fsp3) is 0.429. The molecule has 1 fully saturated rings. The number of hydrogen-bond acceptors (Lipinski definition) is 3. The summed E-state index contributed by atoms with van der Waals surface area (Å²) >= 11 is 0. The van der Waals surface area contributed by atoms with Gasteiger partial charge >= 0.3 is 0 Å². The van der Waals surface area contributed by atoms with Gasteiger partial charge in [0, 0.05) is 24.5 Å². The third kappa shape index (κ3) is 2.16. The molecule has 0 spiro atoms. The Morgan fingerprint density at radius 1 is 1.56 bits per heavy atom. The number of aldehydes is 1. The number of carbonyl (C=O) groups excluding carboxylic acids is 1. The molecule has 1 atom stereocenters. The van der Waals surface area contributed by atoms with Crippen LogP contribution in [0.1, 0.15) is 22.5 Å². The van der Waals surface area contributed by atoms with Crippen molar-refractivity contribution in [2.45, 2.75) is 12.8 Å². The minimum absolute atomic E-state index is 0.681. The molecule has 0 aliphatic carbocycles. The molecular formula is C14H17N3O. The highest BCUT2D eigenvalue weighted by molar-refractivity contribution is 5.76. The third-order valence-electron chi connectivity index (χ3n) is 3.66. The number of hydrogen-bond donors (Lipinski definition) is 0. The SMILES string of the molecule is CN1CCC(Cc2cn3ccc(C=O)cc3n2)C1. The summed E-state index contributed by atoms with van der Waals surface area (Å²) in [5.74, 6) is 0.713. The van der Waals surface area contributed by atoms with Crippen LogP contribution in [0.15, 0.2) is 24.5 Å². The number of fused-ring (bicyclic) bond motifs is 1. The van der Waals surface area contributed by atoms with Crippen molar-refractivity contribution in [2.75, 3.05) is 20.1 Å². The molecule has 0 bridgehead atoms. The van der Waals surface area contributed by atoms with E-state index in [2.05, 4.69) is 23.1 Å². The molecule has 0 saturated carbocycles. The normalized spacial score (nSPS) is 20.6. The fourth-order valence-electron chi connectivity index (χ4n) is 2.71. The topological polar surface area (TPSA) is 37.6 Å². The van der Waals surface area contributed by atoms with Gasteiger partial charge in [0.2, 0.25) is 0 Å². The minimum Gasteiger partial charge on any atom is -0.307 e. The quantitative estimate of drug-likeness (QED) is 0.769. The lowest BCUT2D eigenvalue weighted by Crippen LogP contribution is -2.15. The second-order valence-corrected chi connectivity index (χ2v) is 5.20. The molecule has 4 nitrogen and oxygen atoms in total. The minimum atomic E-state index is 0.681. The summed E-state index contributed by atoms with van der Waals surface area (Å²) in [6, 6.07) is 3.64. The number of rotatable bonds is 3. The predicted molar refractivity (Wildman–Crippen MR) is 69.9 cm³/mol. The molecule has 4 heteroatoms. The molecule has 94 valence electrons. The molecule has 0 N–H and O–H groups in total. The Balaban J connectivity index is 1.82. The van der Waals surface area contributed by atoms with E-state index < -0.39 is 0 Å². The molecule has 0 amide bonds. The summed E-state index contributed by atoms with van der Waals surface area (Å²) in [7, 11) is 2.17. The van der Waals surface area contributed by atoms with E-state index >= 15 is 0 Å². The smallest absolute Gasteiger partial charge is 0.150 e. The first kappa shape index (κ1) is 11.4. The van der Waals surface area contributed by atoms with Gasteiger partial charge in [0.1, 0.15) is 11.9 Å². The monoisotopic (exact) mass is 243 g/mol. The molecule has 2 aromatic rings. The predicted octanol–water partition coefficient (Wildman–Crippen LogP) is 1.64. The lowest BCUT2D eigenvalue weighted by Gasteiger charge is -2.07. The van der Waals surface area contributed by atoms with Crippen LogP contribution >= 0.6 is 0 Å². The number of pyridine rings is 1. The second kappa shape index (κ2) is 4.53. The van der Waals surface area contributed by atoms with Gasteiger partial charge in [0.25, 0.3) is 0 Å². The van der Waals surface area contributed by atoms with Crippen molar-refractivity contribution in [3.8, 4) is 0 Å². The van der Waals surface area contributed by atoms with E-state index in [4.69, 9.17) is 0 Å². The van der Waals surface area contributed by atoms with Crippen LogP contribution in [0.5, 0.6) is 0 Å². The van der Waals surface area contributed by atoms with Crippen molar-refractivity contribution in [1.82, 2.24) is 14.3 Å². The molecule has 1 aliphatic rings. The van der Waals surface area contributed by atoms with E-state index in [1.807, 2.05) is 22.7 Å². The average molecular weight is 243 g/mol. The van der Waals surface area contributed by atoms with Crippen molar-refractivity contribution < 1.29 is 4.79 Å².